The lowest BCUT2D eigenvalue weighted by Gasteiger charge is -2.41. The van der Waals surface area contributed by atoms with Gasteiger partial charge in [0.05, 0.1) is 25.4 Å². The summed E-state index contributed by atoms with van der Waals surface area (Å²) < 4.78 is 17.7. The summed E-state index contributed by atoms with van der Waals surface area (Å²) in [5.74, 6) is -1.19. The monoisotopic (exact) mass is 1200 g/mol. The Hall–Kier alpha value is -2.90. The predicted octanol–water partition coefficient (Wildman–Crippen LogP) is 18.3. The van der Waals surface area contributed by atoms with Crippen LogP contribution >= 0.6 is 0 Å². The third-order valence-electron chi connectivity index (χ3n) is 16.6. The van der Waals surface area contributed by atoms with E-state index in [9.17, 15) is 35.1 Å². The van der Waals surface area contributed by atoms with Gasteiger partial charge in [0.25, 0.3) is 0 Å². The van der Waals surface area contributed by atoms with Crippen LogP contribution in [-0.4, -0.2) is 99.6 Å². The number of nitrogens with one attached hydrogen (secondary N) is 1. The van der Waals surface area contributed by atoms with Gasteiger partial charge >= 0.3 is 5.97 Å². The molecule has 0 aliphatic carbocycles. The molecule has 0 aromatic heterocycles. The molecule has 1 saturated heterocycles. The number of allylic oxidation sites excluding steroid dienone is 11. The molecule has 85 heavy (non-hydrogen) atoms. The van der Waals surface area contributed by atoms with E-state index < -0.39 is 67.4 Å². The highest BCUT2D eigenvalue weighted by Gasteiger charge is 2.47. The minimum absolute atomic E-state index is 0.122. The summed E-state index contributed by atoms with van der Waals surface area (Å²) in [4.78, 5) is 26.7. The first kappa shape index (κ1) is 80.1. The lowest BCUT2D eigenvalue weighted by atomic mass is 9.99. The molecule has 0 aromatic rings. The molecule has 1 fully saturated rings. The smallest absolute Gasteiger partial charge is 0.306 e. The van der Waals surface area contributed by atoms with Gasteiger partial charge in [0.1, 0.15) is 24.4 Å². The SMILES string of the molecule is CCCCC/C=C\C/C=C\C/C=C\CCCCCCCCCCCC(O)C(=O)NC(COC1OC(CO)C(O)C(O)C1OC(=O)CCCCCCCCCCCCCCC/C=C\C/C=C\CCCCC)C(O)/C=C/CCCCCCCCCCC. The zero-order chi connectivity index (χ0) is 61.7. The predicted molar refractivity (Wildman–Crippen MR) is 356 cm³/mol. The van der Waals surface area contributed by atoms with E-state index in [2.05, 4.69) is 86.8 Å². The number of carbonyl (C=O) groups is 2. The number of esters is 1. The van der Waals surface area contributed by atoms with Crippen LogP contribution in [0.3, 0.4) is 0 Å². The van der Waals surface area contributed by atoms with Crippen LogP contribution in [0, 0.1) is 0 Å². The molecule has 0 aromatic carbocycles. The van der Waals surface area contributed by atoms with Crippen molar-refractivity contribution in [1.82, 2.24) is 5.32 Å². The number of rotatable bonds is 61. The van der Waals surface area contributed by atoms with Gasteiger partial charge in [0.2, 0.25) is 5.91 Å². The lowest BCUT2D eigenvalue weighted by molar-refractivity contribution is -0.305. The van der Waals surface area contributed by atoms with Crippen LogP contribution in [-0.2, 0) is 23.8 Å². The first-order chi connectivity index (χ1) is 41.7. The van der Waals surface area contributed by atoms with Crippen molar-refractivity contribution in [3.05, 3.63) is 72.9 Å². The average Bonchev–Trinajstić information content (AvgIpc) is 3.63. The Morgan fingerprint density at radius 1 is 0.459 bits per heavy atom. The molecule has 0 saturated carbocycles. The van der Waals surface area contributed by atoms with Gasteiger partial charge < -0.3 is 45.1 Å². The summed E-state index contributed by atoms with van der Waals surface area (Å²) >= 11 is 0. The third-order valence-corrected chi connectivity index (χ3v) is 16.6. The Morgan fingerprint density at radius 3 is 1.24 bits per heavy atom. The highest BCUT2D eigenvalue weighted by atomic mass is 16.7. The summed E-state index contributed by atoms with van der Waals surface area (Å²) in [6, 6.07) is -1.03. The molecule has 11 nitrogen and oxygen atoms in total. The van der Waals surface area contributed by atoms with Gasteiger partial charge in [-0.05, 0) is 96.3 Å². The van der Waals surface area contributed by atoms with Crippen molar-refractivity contribution < 1.29 is 49.3 Å². The minimum atomic E-state index is -1.62. The van der Waals surface area contributed by atoms with Gasteiger partial charge in [-0.2, -0.15) is 0 Å². The number of hydrogen-bond acceptors (Lipinski definition) is 10. The van der Waals surface area contributed by atoms with E-state index >= 15 is 0 Å². The molecule has 0 radical (unpaired) electrons. The Bertz CT molecular complexity index is 1660. The molecule has 1 aliphatic rings. The van der Waals surface area contributed by atoms with Crippen molar-refractivity contribution in [2.75, 3.05) is 13.2 Å². The van der Waals surface area contributed by atoms with Crippen molar-refractivity contribution in [2.45, 2.75) is 372 Å². The average molecular weight is 1200 g/mol. The molecule has 0 spiro atoms. The van der Waals surface area contributed by atoms with Crippen LogP contribution < -0.4 is 5.32 Å². The largest absolute Gasteiger partial charge is 0.454 e. The van der Waals surface area contributed by atoms with E-state index in [1.54, 1.807) is 6.08 Å². The van der Waals surface area contributed by atoms with Crippen molar-refractivity contribution in [1.29, 1.82) is 0 Å². The van der Waals surface area contributed by atoms with E-state index in [4.69, 9.17) is 14.2 Å². The molecule has 1 heterocycles. The van der Waals surface area contributed by atoms with Crippen LogP contribution in [0.1, 0.15) is 323 Å². The Morgan fingerprint density at radius 2 is 0.812 bits per heavy atom. The number of ether oxygens (including phenoxy) is 3. The second-order valence-electron chi connectivity index (χ2n) is 24.6. The Kier molecular flexibility index (Phi) is 57.8. The van der Waals surface area contributed by atoms with Crippen LogP contribution in [0.25, 0.3) is 0 Å². The Balaban J connectivity index is 2.56. The molecule has 8 atom stereocenters. The second-order valence-corrected chi connectivity index (χ2v) is 24.6. The maximum absolute atomic E-state index is 13.5. The normalized spacial score (nSPS) is 18.8. The van der Waals surface area contributed by atoms with E-state index in [0.29, 0.717) is 12.8 Å². The summed E-state index contributed by atoms with van der Waals surface area (Å²) in [7, 11) is 0. The fourth-order valence-electron chi connectivity index (χ4n) is 10.9. The van der Waals surface area contributed by atoms with Gasteiger partial charge in [-0.25, -0.2) is 0 Å². The van der Waals surface area contributed by atoms with Gasteiger partial charge in [-0.3, -0.25) is 9.59 Å². The third kappa shape index (κ3) is 48.7. The molecule has 1 amide bonds. The fourth-order valence-corrected chi connectivity index (χ4v) is 10.9. The van der Waals surface area contributed by atoms with Crippen LogP contribution in [0.15, 0.2) is 72.9 Å². The molecule has 6 N–H and O–H groups in total. The minimum Gasteiger partial charge on any atom is -0.454 e. The van der Waals surface area contributed by atoms with Gasteiger partial charge in [0.15, 0.2) is 12.4 Å². The zero-order valence-corrected chi connectivity index (χ0v) is 55.0. The first-order valence-electron chi connectivity index (χ1n) is 35.7. The lowest BCUT2D eigenvalue weighted by Crippen LogP contribution is -2.61. The summed E-state index contributed by atoms with van der Waals surface area (Å²) in [5.41, 5.74) is 0. The van der Waals surface area contributed by atoms with E-state index in [1.165, 1.54) is 193 Å². The molecule has 1 aliphatic heterocycles. The summed E-state index contributed by atoms with van der Waals surface area (Å²) in [5, 5.41) is 57.2. The molecule has 8 unspecified atom stereocenters. The van der Waals surface area contributed by atoms with E-state index in [0.717, 1.165) is 83.5 Å². The van der Waals surface area contributed by atoms with Gasteiger partial charge in [-0.15, -0.1) is 0 Å². The number of aliphatic hydroxyl groups is 5. The quantitative estimate of drug-likeness (QED) is 0.0195. The fraction of sp³-hybridized carbons (Fsp3) is 0.811. The molecule has 494 valence electrons. The van der Waals surface area contributed by atoms with E-state index in [-0.39, 0.29) is 19.4 Å². The maximum Gasteiger partial charge on any atom is 0.306 e. The number of unbranched alkanes of at least 4 members (excludes halogenated alkanes) is 37. The molecular formula is C74H133NO10. The standard InChI is InChI=1S/C74H133NO10/c1-4-7-10-13-16-19-22-24-26-28-30-32-34-36-38-40-42-44-47-50-53-56-59-62-69(79)85-72-71(81)70(80)68(63-76)84-74(72)83-64-65(66(77)60-57-54-51-48-45-21-18-15-12-9-6-3)75-73(82)67(78)61-58-55-52-49-46-43-41-39-37-35-33-31-29-27-25-23-20-17-14-11-8-5-2/h16-17,19-20,24-27,31,33,57,60,65-68,70-72,74,76-78,80-81H,4-15,18,21-23,28-30,32,34-56,58-59,61-64H2,1-3H3,(H,75,82)/b19-16-,20-17-,26-24-,27-25-,33-31-,60-57+. The van der Waals surface area contributed by atoms with Crippen molar-refractivity contribution in [3.63, 3.8) is 0 Å². The molecule has 11 heteroatoms. The van der Waals surface area contributed by atoms with Gasteiger partial charge in [0, 0.05) is 6.42 Å². The number of hydrogen-bond donors (Lipinski definition) is 6. The van der Waals surface area contributed by atoms with Crippen molar-refractivity contribution in [3.8, 4) is 0 Å². The number of amides is 1. The molecular weight excluding hydrogens is 1060 g/mol. The molecule has 0 bridgehead atoms. The van der Waals surface area contributed by atoms with Gasteiger partial charge in [-0.1, -0.05) is 293 Å². The number of carbonyl (C=O) groups excluding carboxylic acids is 2. The van der Waals surface area contributed by atoms with Crippen LogP contribution in [0.2, 0.25) is 0 Å². The summed E-state index contributed by atoms with van der Waals surface area (Å²) in [6.45, 7) is 5.76. The second kappa shape index (κ2) is 61.3. The summed E-state index contributed by atoms with van der Waals surface area (Å²) in [6.07, 6.45) is 69.4. The first-order valence-corrected chi connectivity index (χ1v) is 35.7. The zero-order valence-electron chi connectivity index (χ0n) is 55.0. The maximum atomic E-state index is 13.5. The van der Waals surface area contributed by atoms with Crippen molar-refractivity contribution in [2.24, 2.45) is 0 Å². The Labute approximate surface area is 521 Å². The van der Waals surface area contributed by atoms with Crippen LogP contribution in [0.4, 0.5) is 0 Å². The number of aliphatic hydroxyl groups excluding tert-OH is 5. The highest BCUT2D eigenvalue weighted by Crippen LogP contribution is 2.26. The molecule has 1 rings (SSSR count). The van der Waals surface area contributed by atoms with Crippen molar-refractivity contribution >= 4 is 11.9 Å². The van der Waals surface area contributed by atoms with E-state index in [1.807, 2.05) is 6.08 Å². The topological polar surface area (TPSA) is 175 Å². The highest BCUT2D eigenvalue weighted by molar-refractivity contribution is 5.80. The van der Waals surface area contributed by atoms with Crippen LogP contribution in [0.5, 0.6) is 0 Å².